The number of thiophene rings is 1. The smallest absolute Gasteiger partial charge is 0.00957 e. The van der Waals surface area contributed by atoms with Crippen LogP contribution in [0.4, 0.5) is 0 Å². The Labute approximate surface area is 214 Å². The molecule has 1 aliphatic carbocycles. The quantitative estimate of drug-likeness (QED) is 0.321. The van der Waals surface area contributed by atoms with Crippen LogP contribution in [0.5, 0.6) is 0 Å². The molecule has 1 aliphatic rings. The average molecular weight is 553 g/mol. The first-order valence-electron chi connectivity index (χ1n) is 9.70. The molecule has 0 fully saturated rings. The van der Waals surface area contributed by atoms with Crippen molar-refractivity contribution in [3.8, 4) is 10.4 Å². The summed E-state index contributed by atoms with van der Waals surface area (Å²) < 4.78 is 0. The molecule has 0 spiro atoms. The molecule has 4 rings (SSSR count). The summed E-state index contributed by atoms with van der Waals surface area (Å²) in [5.74, 6) is 0.560. The third-order valence-electron chi connectivity index (χ3n) is 5.00. The van der Waals surface area contributed by atoms with Crippen LogP contribution in [0.1, 0.15) is 33.3 Å². The van der Waals surface area contributed by atoms with Gasteiger partial charge in [-0.2, -0.15) is 22.5 Å². The summed E-state index contributed by atoms with van der Waals surface area (Å²) in [4.78, 5) is 1.37. The minimum atomic E-state index is 0. The Bertz CT molecular complexity index is 1010. The van der Waals surface area contributed by atoms with Gasteiger partial charge >= 0.3 is 41.9 Å². The van der Waals surface area contributed by atoms with Crippen LogP contribution in [0.15, 0.2) is 64.6 Å². The third-order valence-corrected chi connectivity index (χ3v) is 5.89. The molecule has 0 N–H and O–H groups in total. The molecule has 0 aliphatic heterocycles. The maximum absolute atomic E-state index is 3.36. The van der Waals surface area contributed by atoms with Gasteiger partial charge in [-0.1, -0.05) is 51.8 Å². The van der Waals surface area contributed by atoms with E-state index in [1.54, 1.807) is 23.3 Å². The van der Waals surface area contributed by atoms with Crippen LogP contribution in [-0.2, 0) is 23.3 Å². The molecule has 3 aromatic rings. The van der Waals surface area contributed by atoms with Crippen molar-refractivity contribution in [2.24, 2.45) is 5.92 Å². The second-order valence-corrected chi connectivity index (χ2v) is 17.9. The van der Waals surface area contributed by atoms with E-state index in [1.165, 1.54) is 43.5 Å². The van der Waals surface area contributed by atoms with Crippen LogP contribution in [0, 0.1) is 18.9 Å². The molecular weight excluding hydrogens is 523 g/mol. The molecule has 0 nitrogen and oxygen atoms in total. The van der Waals surface area contributed by atoms with Gasteiger partial charge in [-0.3, -0.25) is 6.08 Å². The van der Waals surface area contributed by atoms with Gasteiger partial charge in [0.15, 0.2) is 0 Å². The van der Waals surface area contributed by atoms with E-state index in [0.29, 0.717) is 5.92 Å². The van der Waals surface area contributed by atoms with Gasteiger partial charge < -0.3 is 24.8 Å². The Morgan fingerprint density at radius 2 is 1.60 bits per heavy atom. The summed E-state index contributed by atoms with van der Waals surface area (Å²) in [6.07, 6.45) is 3.36. The number of halogens is 2. The van der Waals surface area contributed by atoms with Gasteiger partial charge in [-0.05, 0) is 10.3 Å². The van der Waals surface area contributed by atoms with Gasteiger partial charge in [-0.25, -0.2) is 5.57 Å². The van der Waals surface area contributed by atoms with Crippen molar-refractivity contribution in [2.75, 3.05) is 0 Å². The molecule has 0 radical (unpaired) electrons. The normalized spacial score (nSPS) is 14.6. The molecule has 0 amide bonds. The largest absolute Gasteiger partial charge is 1.00 e. The number of rotatable bonds is 1. The molecule has 30 heavy (non-hydrogen) atoms. The number of benzene rings is 1. The zero-order valence-electron chi connectivity index (χ0n) is 18.9. The van der Waals surface area contributed by atoms with E-state index in [-0.39, 0.29) is 30.2 Å². The van der Waals surface area contributed by atoms with Gasteiger partial charge in [0.1, 0.15) is 0 Å². The van der Waals surface area contributed by atoms with E-state index in [9.17, 15) is 0 Å². The summed E-state index contributed by atoms with van der Waals surface area (Å²) in [6.45, 7) is 15.5. The predicted octanol–water partition coefficient (Wildman–Crippen LogP) is 2.11. The first-order chi connectivity index (χ1) is 13.2. The van der Waals surface area contributed by atoms with Gasteiger partial charge in [0.25, 0.3) is 0 Å². The van der Waals surface area contributed by atoms with E-state index in [2.05, 4.69) is 102 Å². The summed E-state index contributed by atoms with van der Waals surface area (Å²) in [5.41, 5.74) is 7.23. The molecule has 1 unspecified atom stereocenters. The van der Waals surface area contributed by atoms with Crippen molar-refractivity contribution < 1.29 is 48.1 Å². The van der Waals surface area contributed by atoms with Crippen LogP contribution in [0.2, 0.25) is 13.1 Å². The molecule has 0 bridgehead atoms. The van der Waals surface area contributed by atoms with Gasteiger partial charge in [0.05, 0.1) is 0 Å². The Balaban J connectivity index is 0.000000486. The van der Waals surface area contributed by atoms with E-state index < -0.39 is 0 Å². The van der Waals surface area contributed by atoms with Crippen LogP contribution in [0.3, 0.4) is 0 Å². The topological polar surface area (TPSA) is 0 Å². The fraction of sp³-hybridized carbons (Fsp3) is 0.320. The zero-order valence-corrected chi connectivity index (χ0v) is 24.6. The maximum Gasteiger partial charge on any atom is -0.00957 e. The number of allylic oxidation sites excluding steroid dienone is 4. The van der Waals surface area contributed by atoms with Gasteiger partial charge in [0, 0.05) is 0 Å². The molecule has 160 valence electrons. The SMILES string of the molecule is CC1=[C-]C(C)C(C)=C1C.C[Si](C)=[Zr+2].Cc1[cH-]c2ccccc2c1-c1cccs1.[Cl-].[Cl-]. The number of hydrogen-bond acceptors (Lipinski definition) is 1. The fourth-order valence-corrected chi connectivity index (χ4v) is 4.13. The van der Waals surface area contributed by atoms with Crippen molar-refractivity contribution in [2.45, 2.75) is 47.7 Å². The van der Waals surface area contributed by atoms with Crippen LogP contribution in [0.25, 0.3) is 21.2 Å². The van der Waals surface area contributed by atoms with Gasteiger partial charge in [-0.15, -0.1) is 53.1 Å². The van der Waals surface area contributed by atoms with Crippen molar-refractivity contribution in [3.05, 3.63) is 76.2 Å². The number of hydrogen-bond donors (Lipinski definition) is 0. The summed E-state index contributed by atoms with van der Waals surface area (Å²) in [6, 6.07) is 15.2. The standard InChI is InChI=1S/C14H11S.C9H13.C2H6Si.2ClH.Zr/c1-10-9-11-5-2-3-6-12(11)14(10)13-7-4-8-15-13;1-6-5-7(2)9(4)8(6)3;1-3-2;;;/h2-9H,1H3;6H,1-4H3;1-2H3;2*1H;/q2*-1;;;;+2/p-2. The molecule has 0 saturated carbocycles. The summed E-state index contributed by atoms with van der Waals surface area (Å²) in [7, 11) is 0. The maximum atomic E-state index is 3.36. The fourth-order valence-electron chi connectivity index (χ4n) is 3.28. The van der Waals surface area contributed by atoms with Crippen molar-refractivity contribution >= 4 is 27.5 Å². The Hall–Kier alpha value is -0.310. The number of aryl methyl sites for hydroxylation is 1. The Kier molecular flexibility index (Phi) is 13.8. The van der Waals surface area contributed by atoms with E-state index in [1.807, 2.05) is 11.3 Å². The van der Waals surface area contributed by atoms with Crippen LogP contribution in [-0.4, -0.2) is 5.43 Å². The second kappa shape index (κ2) is 14.0. The molecule has 1 aromatic heterocycles. The molecule has 5 heteroatoms. The zero-order chi connectivity index (χ0) is 20.8. The first-order valence-corrected chi connectivity index (χ1v) is 16.8. The minimum Gasteiger partial charge on any atom is -1.00 e. The van der Waals surface area contributed by atoms with Crippen LogP contribution < -0.4 is 24.8 Å². The second-order valence-electron chi connectivity index (χ2n) is 7.57. The molecule has 2 aromatic carbocycles. The summed E-state index contributed by atoms with van der Waals surface area (Å²) >= 11 is 3.55. The summed E-state index contributed by atoms with van der Waals surface area (Å²) in [5, 5.41) is 4.85. The van der Waals surface area contributed by atoms with E-state index in [4.69, 9.17) is 0 Å². The average Bonchev–Trinajstić information content (AvgIpc) is 3.31. The van der Waals surface area contributed by atoms with E-state index >= 15 is 0 Å². The Morgan fingerprint density at radius 1 is 1.00 bits per heavy atom. The van der Waals surface area contributed by atoms with E-state index in [0.717, 1.165) is 0 Å². The predicted molar refractivity (Wildman–Crippen MR) is 125 cm³/mol. The van der Waals surface area contributed by atoms with Crippen molar-refractivity contribution in [3.63, 3.8) is 0 Å². The van der Waals surface area contributed by atoms with Crippen LogP contribution >= 0.6 is 11.3 Å². The molecule has 1 heterocycles. The van der Waals surface area contributed by atoms with Gasteiger partial charge in [0.2, 0.25) is 0 Å². The first kappa shape index (κ1) is 29.7. The monoisotopic (exact) mass is 550 g/mol. The molecule has 0 saturated heterocycles. The van der Waals surface area contributed by atoms with Crippen molar-refractivity contribution in [1.29, 1.82) is 0 Å². The Morgan fingerprint density at radius 3 is 2.03 bits per heavy atom. The third kappa shape index (κ3) is 7.99. The van der Waals surface area contributed by atoms with Crippen molar-refractivity contribution in [1.82, 2.24) is 0 Å². The minimum absolute atomic E-state index is 0. The molecule has 1 atom stereocenters. The molecular formula is C25H30Cl2SSiZr-2. The number of fused-ring (bicyclic) bond motifs is 1.